The third-order valence-corrected chi connectivity index (χ3v) is 3.63. The van der Waals surface area contributed by atoms with Crippen molar-refractivity contribution in [2.24, 2.45) is 0 Å². The number of nitrogens with zero attached hydrogens (tertiary/aromatic N) is 1. The van der Waals surface area contributed by atoms with Gasteiger partial charge in [-0.2, -0.15) is 0 Å². The van der Waals surface area contributed by atoms with E-state index in [9.17, 15) is 4.79 Å². The van der Waals surface area contributed by atoms with Crippen LogP contribution in [0.4, 0.5) is 5.69 Å². The molecule has 0 radical (unpaired) electrons. The van der Waals surface area contributed by atoms with E-state index in [4.69, 9.17) is 11.6 Å². The summed E-state index contributed by atoms with van der Waals surface area (Å²) < 4.78 is 0. The molecule has 2 rings (SSSR count). The van der Waals surface area contributed by atoms with Crippen LogP contribution in [-0.2, 0) is 4.79 Å². The number of carbonyl (C=O) groups excluding carboxylic acids is 1. The molecule has 0 aliphatic carbocycles. The zero-order valence-corrected chi connectivity index (χ0v) is 11.8. The molecule has 0 spiro atoms. The highest BCUT2D eigenvalue weighted by molar-refractivity contribution is 6.31. The summed E-state index contributed by atoms with van der Waals surface area (Å²) in [5.74, 6) is 0.165. The minimum absolute atomic E-state index is 0.165. The van der Waals surface area contributed by atoms with Gasteiger partial charge in [0.2, 0.25) is 5.91 Å². The molecule has 0 saturated carbocycles. The number of nitrogens with one attached hydrogen (secondary N) is 1. The molecule has 1 aliphatic rings. The number of carbonyl (C=O) groups is 1. The number of halogens is 1. The molecule has 1 unspecified atom stereocenters. The quantitative estimate of drug-likeness (QED) is 0.912. The van der Waals surface area contributed by atoms with Gasteiger partial charge in [-0.25, -0.2) is 0 Å². The van der Waals surface area contributed by atoms with Crippen LogP contribution >= 0.6 is 11.6 Å². The van der Waals surface area contributed by atoms with Crippen LogP contribution in [0.15, 0.2) is 18.2 Å². The maximum absolute atomic E-state index is 12.1. The normalized spacial score (nSPS) is 19.9. The Labute approximate surface area is 113 Å². The van der Waals surface area contributed by atoms with E-state index < -0.39 is 0 Å². The average molecular weight is 267 g/mol. The summed E-state index contributed by atoms with van der Waals surface area (Å²) in [5, 5.41) is 4.12. The number of hydrogen-bond donors (Lipinski definition) is 1. The van der Waals surface area contributed by atoms with Gasteiger partial charge in [-0.05, 0) is 24.6 Å². The maximum atomic E-state index is 12.1. The first-order chi connectivity index (χ1) is 8.49. The number of amides is 1. The molecule has 0 bridgehead atoms. The van der Waals surface area contributed by atoms with Crippen molar-refractivity contribution >= 4 is 23.2 Å². The minimum atomic E-state index is 0.165. The van der Waals surface area contributed by atoms with E-state index >= 15 is 0 Å². The van der Waals surface area contributed by atoms with E-state index in [-0.39, 0.29) is 11.9 Å². The Hall–Kier alpha value is -1.06. The summed E-state index contributed by atoms with van der Waals surface area (Å²) in [6, 6.07) is 6.32. The summed E-state index contributed by atoms with van der Waals surface area (Å²) in [6.45, 7) is 6.86. The van der Waals surface area contributed by atoms with Crippen molar-refractivity contribution < 1.29 is 4.79 Å². The summed E-state index contributed by atoms with van der Waals surface area (Å²) in [6.07, 6.45) is 0.560. The van der Waals surface area contributed by atoms with Crippen LogP contribution in [0.5, 0.6) is 0 Å². The van der Waals surface area contributed by atoms with Crippen molar-refractivity contribution in [3.05, 3.63) is 28.8 Å². The molecule has 1 N–H and O–H groups in total. The maximum Gasteiger partial charge on any atom is 0.228 e. The lowest BCUT2D eigenvalue weighted by molar-refractivity contribution is -0.117. The van der Waals surface area contributed by atoms with Gasteiger partial charge < -0.3 is 10.2 Å². The number of anilines is 1. The van der Waals surface area contributed by atoms with Gasteiger partial charge in [0.05, 0.1) is 0 Å². The summed E-state index contributed by atoms with van der Waals surface area (Å²) in [7, 11) is 0. The second kappa shape index (κ2) is 5.29. The largest absolute Gasteiger partial charge is 0.310 e. The first-order valence-corrected chi connectivity index (χ1v) is 6.68. The minimum Gasteiger partial charge on any atom is -0.310 e. The van der Waals surface area contributed by atoms with Crippen molar-refractivity contribution in [1.82, 2.24) is 5.32 Å². The zero-order valence-electron chi connectivity index (χ0n) is 11.0. The highest BCUT2D eigenvalue weighted by Crippen LogP contribution is 2.29. The molecule has 1 fully saturated rings. The summed E-state index contributed by atoms with van der Waals surface area (Å²) in [4.78, 5) is 13.9. The van der Waals surface area contributed by atoms with Crippen molar-refractivity contribution in [1.29, 1.82) is 0 Å². The molecule has 1 aromatic rings. The van der Waals surface area contributed by atoms with E-state index in [1.807, 2.05) is 30.0 Å². The average Bonchev–Trinajstić information content (AvgIpc) is 2.62. The van der Waals surface area contributed by atoms with Crippen LogP contribution in [0, 0.1) is 6.92 Å². The first kappa shape index (κ1) is 13.4. The third-order valence-electron chi connectivity index (χ3n) is 3.22. The molecular formula is C14H19ClN2O. The molecule has 0 aromatic heterocycles. The van der Waals surface area contributed by atoms with Crippen LogP contribution in [0.2, 0.25) is 5.02 Å². The molecule has 4 heteroatoms. The predicted octanol–water partition coefficient (Wildman–Crippen LogP) is 2.75. The smallest absolute Gasteiger partial charge is 0.228 e. The zero-order chi connectivity index (χ0) is 13.3. The van der Waals surface area contributed by atoms with E-state index in [1.165, 1.54) is 0 Å². The Kier molecular flexibility index (Phi) is 3.93. The van der Waals surface area contributed by atoms with E-state index in [0.717, 1.165) is 17.8 Å². The Morgan fingerprint density at radius 3 is 2.83 bits per heavy atom. The summed E-state index contributed by atoms with van der Waals surface area (Å²) >= 11 is 6.11. The van der Waals surface area contributed by atoms with Crippen LogP contribution < -0.4 is 10.2 Å². The molecule has 1 atom stereocenters. The number of rotatable bonds is 3. The van der Waals surface area contributed by atoms with Crippen molar-refractivity contribution in [3.63, 3.8) is 0 Å². The van der Waals surface area contributed by atoms with Crippen LogP contribution in [0.25, 0.3) is 0 Å². The van der Waals surface area contributed by atoms with Gasteiger partial charge in [0.15, 0.2) is 0 Å². The van der Waals surface area contributed by atoms with Crippen LogP contribution in [0.3, 0.4) is 0 Å². The fourth-order valence-corrected chi connectivity index (χ4v) is 2.58. The van der Waals surface area contributed by atoms with Gasteiger partial charge in [-0.3, -0.25) is 4.79 Å². The Morgan fingerprint density at radius 2 is 2.17 bits per heavy atom. The lowest BCUT2D eigenvalue weighted by Gasteiger charge is -2.20. The Bertz CT molecular complexity index is 459. The molecular weight excluding hydrogens is 248 g/mol. The van der Waals surface area contributed by atoms with E-state index in [0.29, 0.717) is 17.5 Å². The summed E-state index contributed by atoms with van der Waals surface area (Å²) in [5.41, 5.74) is 1.90. The second-order valence-corrected chi connectivity index (χ2v) is 5.52. The Balaban J connectivity index is 2.19. The topological polar surface area (TPSA) is 32.3 Å². The van der Waals surface area contributed by atoms with Crippen molar-refractivity contribution in [2.75, 3.05) is 11.4 Å². The number of benzene rings is 1. The van der Waals surface area contributed by atoms with Gasteiger partial charge in [0, 0.05) is 35.8 Å². The standard InChI is InChI=1S/C14H19ClN2O/c1-9(2)16-11-7-14(18)17(8-11)13-6-4-5-12(15)10(13)3/h4-6,9,11,16H,7-8H2,1-3H3. The van der Waals surface area contributed by atoms with Crippen LogP contribution in [0.1, 0.15) is 25.8 Å². The molecule has 98 valence electrons. The monoisotopic (exact) mass is 266 g/mol. The van der Waals surface area contributed by atoms with Gasteiger partial charge >= 0.3 is 0 Å². The van der Waals surface area contributed by atoms with Crippen LogP contribution in [-0.4, -0.2) is 24.5 Å². The lowest BCUT2D eigenvalue weighted by atomic mass is 10.2. The second-order valence-electron chi connectivity index (χ2n) is 5.11. The molecule has 3 nitrogen and oxygen atoms in total. The van der Waals surface area contributed by atoms with Gasteiger partial charge in [0.25, 0.3) is 0 Å². The van der Waals surface area contributed by atoms with Gasteiger partial charge in [0.1, 0.15) is 0 Å². The van der Waals surface area contributed by atoms with E-state index in [2.05, 4.69) is 19.2 Å². The predicted molar refractivity (Wildman–Crippen MR) is 75.2 cm³/mol. The molecule has 1 aromatic carbocycles. The molecule has 1 saturated heterocycles. The molecule has 1 amide bonds. The molecule has 1 aliphatic heterocycles. The van der Waals surface area contributed by atoms with Crippen molar-refractivity contribution in [2.45, 2.75) is 39.3 Å². The molecule has 1 heterocycles. The van der Waals surface area contributed by atoms with Gasteiger partial charge in [-0.1, -0.05) is 31.5 Å². The third kappa shape index (κ3) is 2.68. The highest BCUT2D eigenvalue weighted by Gasteiger charge is 2.31. The van der Waals surface area contributed by atoms with E-state index in [1.54, 1.807) is 0 Å². The van der Waals surface area contributed by atoms with Crippen molar-refractivity contribution in [3.8, 4) is 0 Å². The van der Waals surface area contributed by atoms with Gasteiger partial charge in [-0.15, -0.1) is 0 Å². The SMILES string of the molecule is Cc1c(Cl)cccc1N1CC(NC(C)C)CC1=O. The lowest BCUT2D eigenvalue weighted by Crippen LogP contribution is -2.37. The number of hydrogen-bond acceptors (Lipinski definition) is 2. The molecule has 18 heavy (non-hydrogen) atoms. The fraction of sp³-hybridized carbons (Fsp3) is 0.500. The fourth-order valence-electron chi connectivity index (χ4n) is 2.41. The first-order valence-electron chi connectivity index (χ1n) is 6.30. The highest BCUT2D eigenvalue weighted by atomic mass is 35.5. The Morgan fingerprint density at radius 1 is 1.44 bits per heavy atom.